The summed E-state index contributed by atoms with van der Waals surface area (Å²) in [6, 6.07) is 9.25. The second-order valence-corrected chi connectivity index (χ2v) is 3.20. The van der Waals surface area contributed by atoms with Crippen molar-refractivity contribution in [3.8, 4) is 5.88 Å². The Kier molecular flexibility index (Phi) is 2.21. The molecule has 0 fully saturated rings. The van der Waals surface area contributed by atoms with Gasteiger partial charge in [-0.2, -0.15) is 0 Å². The Balaban J connectivity index is 2.36. The lowest BCUT2D eigenvalue weighted by atomic mass is 10.1. The topological polar surface area (TPSA) is 78.2 Å². The number of nitrogens with zero attached hydrogens (tertiary/aromatic N) is 1. The maximum absolute atomic E-state index is 10.9. The third kappa shape index (κ3) is 1.71. The number of aromatic nitrogens is 2. The molecule has 3 N–H and O–H groups in total. The molecule has 0 bridgehead atoms. The molecule has 1 aromatic heterocycles. The summed E-state index contributed by atoms with van der Waals surface area (Å²) in [6.45, 7) is 0. The summed E-state index contributed by atoms with van der Waals surface area (Å²) < 4.78 is 0.419. The minimum Gasteiger partial charge on any atom is -0.493 e. The van der Waals surface area contributed by atoms with Crippen molar-refractivity contribution in [3.05, 3.63) is 52.1 Å². The molecule has 0 amide bonds. The van der Waals surface area contributed by atoms with E-state index in [-0.39, 0.29) is 11.6 Å². The van der Waals surface area contributed by atoms with Crippen molar-refractivity contribution in [1.29, 1.82) is 0 Å². The van der Waals surface area contributed by atoms with E-state index in [0.29, 0.717) is 11.2 Å². The lowest BCUT2D eigenvalue weighted by Crippen LogP contribution is -2.15. The summed E-state index contributed by atoms with van der Waals surface area (Å²) in [5, 5.41) is 18.6. The summed E-state index contributed by atoms with van der Waals surface area (Å²) >= 11 is 0. The maximum Gasteiger partial charge on any atom is 0.361 e. The minimum atomic E-state index is -0.738. The predicted molar refractivity (Wildman–Crippen MR) is 53.2 cm³/mol. The molecule has 0 aliphatic heterocycles. The first-order valence-electron chi connectivity index (χ1n) is 4.44. The zero-order chi connectivity index (χ0) is 10.8. The van der Waals surface area contributed by atoms with Crippen molar-refractivity contribution in [3.63, 3.8) is 0 Å². The van der Waals surface area contributed by atoms with Gasteiger partial charge in [0.25, 0.3) is 0 Å². The van der Waals surface area contributed by atoms with E-state index in [0.717, 1.165) is 5.56 Å². The molecule has 1 aromatic carbocycles. The van der Waals surface area contributed by atoms with Crippen LogP contribution in [0.25, 0.3) is 0 Å². The second-order valence-electron chi connectivity index (χ2n) is 3.20. The molecular weight excluding hydrogens is 196 g/mol. The van der Waals surface area contributed by atoms with Gasteiger partial charge in [0.2, 0.25) is 5.88 Å². The van der Waals surface area contributed by atoms with Crippen LogP contribution < -0.4 is 5.69 Å². The molecule has 5 heteroatoms. The van der Waals surface area contributed by atoms with Crippen LogP contribution >= 0.6 is 0 Å². The van der Waals surface area contributed by atoms with Gasteiger partial charge in [0.15, 0.2) is 0 Å². The summed E-state index contributed by atoms with van der Waals surface area (Å²) in [5.74, 6) is -0.300. The standard InChI is InChI=1S/C10H10N2O3/c13-9-8(12(15)10(14)11-9)6-7-4-2-1-3-5-7/h1-5,13,15H,6H2,(H,11,14). The highest BCUT2D eigenvalue weighted by atomic mass is 16.5. The molecular formula is C10H10N2O3. The van der Waals surface area contributed by atoms with Crippen LogP contribution in [0.15, 0.2) is 35.1 Å². The first-order valence-corrected chi connectivity index (χ1v) is 4.44. The van der Waals surface area contributed by atoms with Gasteiger partial charge in [0.1, 0.15) is 5.69 Å². The zero-order valence-electron chi connectivity index (χ0n) is 7.84. The number of aromatic hydroxyl groups is 1. The summed E-state index contributed by atoms with van der Waals surface area (Å²) in [7, 11) is 0. The van der Waals surface area contributed by atoms with Gasteiger partial charge in [-0.3, -0.25) is 4.98 Å². The number of aromatic amines is 1. The fraction of sp³-hybridized carbons (Fsp3) is 0.100. The van der Waals surface area contributed by atoms with E-state index < -0.39 is 5.69 Å². The van der Waals surface area contributed by atoms with E-state index in [1.165, 1.54) is 0 Å². The summed E-state index contributed by atoms with van der Waals surface area (Å²) in [5.41, 5.74) is 0.319. The Hall–Kier alpha value is -2.17. The SMILES string of the molecule is O=c1[nH]c(O)c(Cc2ccccc2)n1O. The van der Waals surface area contributed by atoms with Gasteiger partial charge in [-0.05, 0) is 5.56 Å². The molecule has 0 saturated heterocycles. The number of nitrogens with one attached hydrogen (secondary N) is 1. The molecule has 15 heavy (non-hydrogen) atoms. The van der Waals surface area contributed by atoms with E-state index in [2.05, 4.69) is 4.98 Å². The van der Waals surface area contributed by atoms with Crippen LogP contribution in [0.2, 0.25) is 0 Å². The predicted octanol–water partition coefficient (Wildman–Crippen LogP) is 0.710. The van der Waals surface area contributed by atoms with Crippen LogP contribution in [-0.2, 0) is 6.42 Å². The Morgan fingerprint density at radius 3 is 2.47 bits per heavy atom. The Bertz CT molecular complexity index is 513. The van der Waals surface area contributed by atoms with Crippen molar-refractivity contribution in [1.82, 2.24) is 9.71 Å². The molecule has 1 heterocycles. The highest BCUT2D eigenvalue weighted by Gasteiger charge is 2.12. The van der Waals surface area contributed by atoms with Crippen molar-refractivity contribution in [2.75, 3.05) is 0 Å². The third-order valence-electron chi connectivity index (χ3n) is 2.16. The zero-order valence-corrected chi connectivity index (χ0v) is 7.84. The van der Waals surface area contributed by atoms with Gasteiger partial charge >= 0.3 is 5.69 Å². The Labute approximate surface area is 85.2 Å². The van der Waals surface area contributed by atoms with Crippen molar-refractivity contribution in [2.45, 2.75) is 6.42 Å². The van der Waals surface area contributed by atoms with Crippen LogP contribution in [0.3, 0.4) is 0 Å². The minimum absolute atomic E-state index is 0.159. The lowest BCUT2D eigenvalue weighted by molar-refractivity contribution is 0.167. The molecule has 0 spiro atoms. The second kappa shape index (κ2) is 3.53. The number of hydrogen-bond acceptors (Lipinski definition) is 3. The number of hydrogen-bond donors (Lipinski definition) is 3. The van der Waals surface area contributed by atoms with Crippen LogP contribution in [0.5, 0.6) is 5.88 Å². The Morgan fingerprint density at radius 2 is 1.93 bits per heavy atom. The van der Waals surface area contributed by atoms with E-state index in [1.54, 1.807) is 0 Å². The average molecular weight is 206 g/mol. The number of benzene rings is 1. The summed E-state index contributed by atoms with van der Waals surface area (Å²) in [4.78, 5) is 13.1. The van der Waals surface area contributed by atoms with Crippen molar-refractivity contribution >= 4 is 0 Å². The number of imidazole rings is 1. The molecule has 2 rings (SSSR count). The van der Waals surface area contributed by atoms with Gasteiger partial charge in [-0.25, -0.2) is 4.79 Å². The highest BCUT2D eigenvalue weighted by Crippen LogP contribution is 2.15. The highest BCUT2D eigenvalue weighted by molar-refractivity contribution is 5.26. The van der Waals surface area contributed by atoms with Gasteiger partial charge in [0.05, 0.1) is 0 Å². The molecule has 2 aromatic rings. The number of rotatable bonds is 2. The van der Waals surface area contributed by atoms with Crippen LogP contribution in [0, 0.1) is 0 Å². The molecule has 0 aliphatic rings. The fourth-order valence-corrected chi connectivity index (χ4v) is 1.40. The van der Waals surface area contributed by atoms with Gasteiger partial charge in [-0.1, -0.05) is 30.3 Å². The quantitative estimate of drug-likeness (QED) is 0.633. The van der Waals surface area contributed by atoms with Gasteiger partial charge in [-0.15, -0.1) is 4.73 Å². The first kappa shape index (κ1) is 9.39. The largest absolute Gasteiger partial charge is 0.493 e. The van der Waals surface area contributed by atoms with Crippen LogP contribution in [0.4, 0.5) is 0 Å². The molecule has 78 valence electrons. The van der Waals surface area contributed by atoms with E-state index in [4.69, 9.17) is 0 Å². The molecule has 0 saturated carbocycles. The smallest absolute Gasteiger partial charge is 0.361 e. The van der Waals surface area contributed by atoms with Crippen LogP contribution in [0.1, 0.15) is 11.3 Å². The fourth-order valence-electron chi connectivity index (χ4n) is 1.40. The number of H-pyrrole nitrogens is 1. The van der Waals surface area contributed by atoms with Crippen molar-refractivity contribution < 1.29 is 10.3 Å². The normalized spacial score (nSPS) is 10.4. The van der Waals surface area contributed by atoms with E-state index in [9.17, 15) is 15.1 Å². The van der Waals surface area contributed by atoms with Crippen molar-refractivity contribution in [2.24, 2.45) is 0 Å². The molecule has 0 unspecified atom stereocenters. The maximum atomic E-state index is 10.9. The molecule has 0 atom stereocenters. The lowest BCUT2D eigenvalue weighted by Gasteiger charge is -2.00. The third-order valence-corrected chi connectivity index (χ3v) is 2.16. The molecule has 5 nitrogen and oxygen atoms in total. The van der Waals surface area contributed by atoms with Crippen LogP contribution in [-0.4, -0.2) is 20.0 Å². The molecule has 0 radical (unpaired) electrons. The summed E-state index contributed by atoms with van der Waals surface area (Å²) in [6.07, 6.45) is 0.294. The van der Waals surface area contributed by atoms with Gasteiger partial charge in [0, 0.05) is 6.42 Å². The van der Waals surface area contributed by atoms with Gasteiger partial charge < -0.3 is 10.3 Å². The monoisotopic (exact) mass is 206 g/mol. The first-order chi connectivity index (χ1) is 7.18. The van der Waals surface area contributed by atoms with E-state index >= 15 is 0 Å². The van der Waals surface area contributed by atoms with E-state index in [1.807, 2.05) is 30.3 Å². The average Bonchev–Trinajstić information content (AvgIpc) is 2.47. The Morgan fingerprint density at radius 1 is 1.27 bits per heavy atom. The molecule has 0 aliphatic carbocycles.